The fourth-order valence-corrected chi connectivity index (χ4v) is 3.17. The average Bonchev–Trinajstić information content (AvgIpc) is 2.55. The van der Waals surface area contributed by atoms with Crippen molar-refractivity contribution < 1.29 is 9.53 Å². The molecule has 0 saturated carbocycles. The van der Waals surface area contributed by atoms with Crippen molar-refractivity contribution in [2.75, 3.05) is 6.61 Å². The number of aryl methyl sites for hydroxylation is 2. The first-order valence-electron chi connectivity index (χ1n) is 7.89. The zero-order valence-electron chi connectivity index (χ0n) is 13.1. The predicted octanol–water partition coefficient (Wildman–Crippen LogP) is 4.33. The highest BCUT2D eigenvalue weighted by atomic mass is 79.9. The Morgan fingerprint density at radius 2 is 2.04 bits per heavy atom. The number of benzene rings is 2. The molecule has 4 heteroatoms. The molecule has 0 aliphatic carbocycles. The first kappa shape index (κ1) is 16.1. The summed E-state index contributed by atoms with van der Waals surface area (Å²) < 4.78 is 6.66. The average molecular weight is 374 g/mol. The lowest BCUT2D eigenvalue weighted by molar-refractivity contribution is -0.122. The molecule has 0 radical (unpaired) electrons. The highest BCUT2D eigenvalue weighted by Crippen LogP contribution is 2.34. The van der Waals surface area contributed by atoms with Gasteiger partial charge < -0.3 is 10.1 Å². The molecule has 2 aromatic carbocycles. The van der Waals surface area contributed by atoms with Gasteiger partial charge in [-0.1, -0.05) is 45.8 Å². The van der Waals surface area contributed by atoms with E-state index in [0.29, 0.717) is 13.0 Å². The summed E-state index contributed by atoms with van der Waals surface area (Å²) in [4.78, 5) is 12.3. The number of fused-ring (bicyclic) bond motifs is 1. The van der Waals surface area contributed by atoms with E-state index in [4.69, 9.17) is 4.74 Å². The fraction of sp³-hybridized carbons (Fsp3) is 0.316. The van der Waals surface area contributed by atoms with Crippen LogP contribution >= 0.6 is 15.9 Å². The molecule has 0 fully saturated rings. The number of carbonyl (C=O) groups excluding carboxylic acids is 1. The quantitative estimate of drug-likeness (QED) is 0.865. The van der Waals surface area contributed by atoms with Crippen molar-refractivity contribution in [1.29, 1.82) is 0 Å². The summed E-state index contributed by atoms with van der Waals surface area (Å²) in [5, 5.41) is 3.14. The van der Waals surface area contributed by atoms with Gasteiger partial charge in [0, 0.05) is 22.9 Å². The van der Waals surface area contributed by atoms with E-state index in [-0.39, 0.29) is 11.9 Å². The van der Waals surface area contributed by atoms with Crippen LogP contribution in [0.3, 0.4) is 0 Å². The minimum absolute atomic E-state index is 0.0294. The largest absolute Gasteiger partial charge is 0.493 e. The Morgan fingerprint density at radius 3 is 2.83 bits per heavy atom. The molecule has 0 bridgehead atoms. The summed E-state index contributed by atoms with van der Waals surface area (Å²) in [5.41, 5.74) is 3.48. The minimum atomic E-state index is 0.0294. The first-order chi connectivity index (χ1) is 11.1. The zero-order valence-corrected chi connectivity index (χ0v) is 14.7. The minimum Gasteiger partial charge on any atom is -0.493 e. The SMILES string of the molecule is Cc1ccc(CCC(=O)NC2CCOc3ccc(Br)cc32)cc1. The van der Waals surface area contributed by atoms with E-state index in [1.807, 2.05) is 18.2 Å². The molecule has 1 N–H and O–H groups in total. The van der Waals surface area contributed by atoms with Crippen LogP contribution in [-0.4, -0.2) is 12.5 Å². The summed E-state index contributed by atoms with van der Waals surface area (Å²) >= 11 is 3.48. The van der Waals surface area contributed by atoms with Crippen LogP contribution in [0.25, 0.3) is 0 Å². The second-order valence-corrected chi connectivity index (χ2v) is 6.84. The normalized spacial score (nSPS) is 16.3. The lowest BCUT2D eigenvalue weighted by Crippen LogP contribution is -2.32. The molecule has 0 saturated heterocycles. The molecule has 23 heavy (non-hydrogen) atoms. The molecule has 2 aromatic rings. The van der Waals surface area contributed by atoms with E-state index in [1.54, 1.807) is 0 Å². The Kier molecular flexibility index (Phi) is 5.01. The van der Waals surface area contributed by atoms with Gasteiger partial charge in [0.2, 0.25) is 5.91 Å². The number of ether oxygens (including phenoxy) is 1. The van der Waals surface area contributed by atoms with Gasteiger partial charge in [0.1, 0.15) is 5.75 Å². The van der Waals surface area contributed by atoms with Crippen molar-refractivity contribution in [3.63, 3.8) is 0 Å². The molecule has 1 aliphatic heterocycles. The van der Waals surface area contributed by atoms with Crippen molar-refractivity contribution >= 4 is 21.8 Å². The van der Waals surface area contributed by atoms with E-state index in [1.165, 1.54) is 11.1 Å². The van der Waals surface area contributed by atoms with Gasteiger partial charge in [0.05, 0.1) is 12.6 Å². The number of hydrogen-bond donors (Lipinski definition) is 1. The third-order valence-electron chi connectivity index (χ3n) is 4.11. The maximum absolute atomic E-state index is 12.3. The number of amides is 1. The molecular formula is C19H20BrNO2. The lowest BCUT2D eigenvalue weighted by Gasteiger charge is -2.27. The highest BCUT2D eigenvalue weighted by molar-refractivity contribution is 9.10. The van der Waals surface area contributed by atoms with E-state index in [0.717, 1.165) is 28.6 Å². The molecule has 1 amide bonds. The van der Waals surface area contributed by atoms with Gasteiger partial charge in [-0.25, -0.2) is 0 Å². The standard InChI is InChI=1S/C19H20BrNO2/c1-13-2-4-14(5-3-13)6-9-19(22)21-17-10-11-23-18-8-7-15(20)12-16(17)18/h2-5,7-8,12,17H,6,9-11H2,1H3,(H,21,22). The molecule has 3 rings (SSSR count). The Labute approximate surface area is 145 Å². The van der Waals surface area contributed by atoms with Crippen LogP contribution in [0.2, 0.25) is 0 Å². The van der Waals surface area contributed by atoms with Gasteiger partial charge in [-0.05, 0) is 37.1 Å². The monoisotopic (exact) mass is 373 g/mol. The highest BCUT2D eigenvalue weighted by Gasteiger charge is 2.23. The molecule has 0 aromatic heterocycles. The van der Waals surface area contributed by atoms with Crippen molar-refractivity contribution in [3.05, 3.63) is 63.6 Å². The smallest absolute Gasteiger partial charge is 0.220 e. The molecule has 1 heterocycles. The molecule has 120 valence electrons. The number of halogens is 1. The summed E-state index contributed by atoms with van der Waals surface area (Å²) in [7, 11) is 0. The predicted molar refractivity (Wildman–Crippen MR) is 94.6 cm³/mol. The van der Waals surface area contributed by atoms with Gasteiger partial charge in [0.15, 0.2) is 0 Å². The third-order valence-corrected chi connectivity index (χ3v) is 4.60. The van der Waals surface area contributed by atoms with Crippen LogP contribution in [-0.2, 0) is 11.2 Å². The second kappa shape index (κ2) is 7.18. The number of nitrogens with one attached hydrogen (secondary N) is 1. The van der Waals surface area contributed by atoms with Crippen molar-refractivity contribution in [2.24, 2.45) is 0 Å². The molecule has 0 spiro atoms. The summed E-state index contributed by atoms with van der Waals surface area (Å²) in [6.07, 6.45) is 2.07. The van der Waals surface area contributed by atoms with Crippen LogP contribution in [0.5, 0.6) is 5.75 Å². The van der Waals surface area contributed by atoms with Crippen molar-refractivity contribution in [3.8, 4) is 5.75 Å². The summed E-state index contributed by atoms with van der Waals surface area (Å²) in [6, 6.07) is 14.3. The zero-order chi connectivity index (χ0) is 16.2. The Hall–Kier alpha value is -1.81. The third kappa shape index (κ3) is 4.14. The Balaban J connectivity index is 1.60. The summed E-state index contributed by atoms with van der Waals surface area (Å²) in [6.45, 7) is 2.70. The first-order valence-corrected chi connectivity index (χ1v) is 8.68. The van der Waals surface area contributed by atoms with Crippen LogP contribution in [0, 0.1) is 6.92 Å². The molecular weight excluding hydrogens is 354 g/mol. The van der Waals surface area contributed by atoms with Crippen molar-refractivity contribution in [1.82, 2.24) is 5.32 Å². The fourth-order valence-electron chi connectivity index (χ4n) is 2.79. The Morgan fingerprint density at radius 1 is 1.26 bits per heavy atom. The number of carbonyl (C=O) groups is 1. The topological polar surface area (TPSA) is 38.3 Å². The van der Waals surface area contributed by atoms with Crippen LogP contribution in [0.1, 0.15) is 35.6 Å². The van der Waals surface area contributed by atoms with Gasteiger partial charge in [0.25, 0.3) is 0 Å². The van der Waals surface area contributed by atoms with Gasteiger partial charge in [-0.15, -0.1) is 0 Å². The molecule has 1 unspecified atom stereocenters. The van der Waals surface area contributed by atoms with E-state index >= 15 is 0 Å². The number of hydrogen-bond acceptors (Lipinski definition) is 2. The molecule has 3 nitrogen and oxygen atoms in total. The van der Waals surface area contributed by atoms with Gasteiger partial charge in [-0.3, -0.25) is 4.79 Å². The van der Waals surface area contributed by atoms with Crippen molar-refractivity contribution in [2.45, 2.75) is 32.2 Å². The maximum atomic E-state index is 12.3. The van der Waals surface area contributed by atoms with Gasteiger partial charge in [-0.2, -0.15) is 0 Å². The Bertz CT molecular complexity index is 697. The van der Waals surface area contributed by atoms with E-state index in [2.05, 4.69) is 52.4 Å². The summed E-state index contributed by atoms with van der Waals surface area (Å²) in [5.74, 6) is 0.951. The van der Waals surface area contributed by atoms with Crippen LogP contribution < -0.4 is 10.1 Å². The van der Waals surface area contributed by atoms with Crippen LogP contribution in [0.15, 0.2) is 46.9 Å². The van der Waals surface area contributed by atoms with E-state index < -0.39 is 0 Å². The number of rotatable bonds is 4. The lowest BCUT2D eigenvalue weighted by atomic mass is 10.00. The molecule has 1 aliphatic rings. The maximum Gasteiger partial charge on any atom is 0.220 e. The van der Waals surface area contributed by atoms with Crippen LogP contribution in [0.4, 0.5) is 0 Å². The van der Waals surface area contributed by atoms with E-state index in [9.17, 15) is 4.79 Å². The second-order valence-electron chi connectivity index (χ2n) is 5.92. The van der Waals surface area contributed by atoms with Gasteiger partial charge >= 0.3 is 0 Å². The molecule has 1 atom stereocenters.